The molecule has 1 aliphatic carbocycles. The van der Waals surface area contributed by atoms with Crippen LogP contribution in [0.2, 0.25) is 0 Å². The molecular formula is C26H30N6O. The molecule has 1 N–H and O–H groups in total. The summed E-state index contributed by atoms with van der Waals surface area (Å²) >= 11 is 0. The van der Waals surface area contributed by atoms with Gasteiger partial charge in [0.15, 0.2) is 0 Å². The molecule has 2 saturated heterocycles. The quantitative estimate of drug-likeness (QED) is 0.626. The fourth-order valence-corrected chi connectivity index (χ4v) is 5.97. The Morgan fingerprint density at radius 3 is 2.94 bits per heavy atom. The van der Waals surface area contributed by atoms with Crippen molar-refractivity contribution in [1.29, 1.82) is 0 Å². The van der Waals surface area contributed by atoms with E-state index in [0.717, 1.165) is 68.0 Å². The molecule has 0 bridgehead atoms. The van der Waals surface area contributed by atoms with Crippen molar-refractivity contribution >= 4 is 22.8 Å². The van der Waals surface area contributed by atoms with Gasteiger partial charge in [-0.15, -0.1) is 0 Å². The van der Waals surface area contributed by atoms with Crippen LogP contribution in [0.25, 0.3) is 22.2 Å². The van der Waals surface area contributed by atoms with Crippen LogP contribution in [0.4, 0.5) is 5.95 Å². The molecule has 4 heterocycles. The van der Waals surface area contributed by atoms with E-state index in [1.807, 2.05) is 11.1 Å². The van der Waals surface area contributed by atoms with Crippen LogP contribution in [0, 0.1) is 18.3 Å². The first-order valence-electron chi connectivity index (χ1n) is 12.0. The third-order valence-corrected chi connectivity index (χ3v) is 7.84. The summed E-state index contributed by atoms with van der Waals surface area (Å²) < 4.78 is 0. The van der Waals surface area contributed by atoms with Crippen LogP contribution in [0.1, 0.15) is 36.6 Å². The van der Waals surface area contributed by atoms with Gasteiger partial charge >= 0.3 is 0 Å². The summed E-state index contributed by atoms with van der Waals surface area (Å²) in [6.07, 6.45) is 7.58. The number of aryl methyl sites for hydroxylation is 1. The molecule has 170 valence electrons. The average Bonchev–Trinajstić information content (AvgIpc) is 3.44. The maximum absolute atomic E-state index is 12.0. The molecule has 7 nitrogen and oxygen atoms in total. The van der Waals surface area contributed by atoms with E-state index in [1.54, 1.807) is 0 Å². The summed E-state index contributed by atoms with van der Waals surface area (Å²) in [4.78, 5) is 26.5. The third kappa shape index (κ3) is 3.24. The van der Waals surface area contributed by atoms with E-state index < -0.39 is 0 Å². The van der Waals surface area contributed by atoms with Crippen LogP contribution in [-0.4, -0.2) is 57.2 Å². The number of fused-ring (bicyclic) bond motifs is 2. The highest BCUT2D eigenvalue weighted by Gasteiger charge is 2.49. The standard InChI is InChI=1S/C26H30N6O/c1-4-22(33)32-14-26(15-32)9-10-31(13-26)25-28-21-11-16(2)5-7-18(21)24(29-25)23-17(3)6-8-20-19(23)12-27-30-20/h4,6,8,12,16H,1,5,7,9-11,13-15H2,2-3H3,(H,27,30). The SMILES string of the molecule is C=CC(=O)N1CC2(CCN(c3nc4c(c(-c5c(C)ccc6[nH]ncc56)n3)CCC(C)C4)C2)C1. The number of hydrogen-bond donors (Lipinski definition) is 1. The third-order valence-electron chi connectivity index (χ3n) is 7.84. The first-order chi connectivity index (χ1) is 16.0. The number of rotatable bonds is 3. The largest absolute Gasteiger partial charge is 0.340 e. The molecule has 0 radical (unpaired) electrons. The van der Waals surface area contributed by atoms with Crippen LogP contribution >= 0.6 is 0 Å². The number of hydrogen-bond acceptors (Lipinski definition) is 5. The van der Waals surface area contributed by atoms with Gasteiger partial charge in [0.05, 0.1) is 23.1 Å². The van der Waals surface area contributed by atoms with Gasteiger partial charge in [-0.1, -0.05) is 19.6 Å². The lowest BCUT2D eigenvalue weighted by Gasteiger charge is -2.47. The molecule has 0 saturated carbocycles. The molecule has 33 heavy (non-hydrogen) atoms. The lowest BCUT2D eigenvalue weighted by molar-refractivity contribution is -0.136. The molecule has 3 aromatic rings. The normalized spacial score (nSPS) is 21.3. The van der Waals surface area contributed by atoms with Gasteiger partial charge < -0.3 is 9.80 Å². The molecule has 7 heteroatoms. The molecule has 1 amide bonds. The summed E-state index contributed by atoms with van der Waals surface area (Å²) in [7, 11) is 0. The van der Waals surface area contributed by atoms with Crippen molar-refractivity contribution in [2.24, 2.45) is 11.3 Å². The number of benzene rings is 1. The molecule has 2 aromatic heterocycles. The first kappa shape index (κ1) is 20.4. The van der Waals surface area contributed by atoms with Crippen LogP contribution in [0.15, 0.2) is 31.0 Å². The second-order valence-electron chi connectivity index (χ2n) is 10.3. The maximum atomic E-state index is 12.0. The van der Waals surface area contributed by atoms with E-state index in [9.17, 15) is 4.79 Å². The van der Waals surface area contributed by atoms with Gasteiger partial charge in [-0.3, -0.25) is 9.89 Å². The fraction of sp³-hybridized carbons (Fsp3) is 0.462. The number of amides is 1. The Bertz CT molecular complexity index is 1270. The number of H-pyrrole nitrogens is 1. The van der Waals surface area contributed by atoms with E-state index in [2.05, 4.69) is 47.7 Å². The number of carbonyl (C=O) groups is 1. The minimum Gasteiger partial charge on any atom is -0.340 e. The van der Waals surface area contributed by atoms with Gasteiger partial charge in [-0.25, -0.2) is 9.97 Å². The van der Waals surface area contributed by atoms with Crippen molar-refractivity contribution in [3.8, 4) is 11.3 Å². The van der Waals surface area contributed by atoms with E-state index in [1.165, 1.54) is 34.9 Å². The smallest absolute Gasteiger partial charge is 0.245 e. The van der Waals surface area contributed by atoms with Gasteiger partial charge in [0.25, 0.3) is 0 Å². The number of anilines is 1. The van der Waals surface area contributed by atoms with E-state index in [4.69, 9.17) is 9.97 Å². The average molecular weight is 443 g/mol. The number of nitrogens with one attached hydrogen (secondary N) is 1. The highest BCUT2D eigenvalue weighted by Crippen LogP contribution is 2.42. The maximum Gasteiger partial charge on any atom is 0.245 e. The van der Waals surface area contributed by atoms with Gasteiger partial charge in [-0.2, -0.15) is 5.10 Å². The van der Waals surface area contributed by atoms with Crippen LogP contribution in [0.5, 0.6) is 0 Å². The Labute approximate surface area is 193 Å². The molecule has 6 rings (SSSR count). The second kappa shape index (κ2) is 7.40. The molecule has 2 aliphatic heterocycles. The highest BCUT2D eigenvalue weighted by molar-refractivity contribution is 5.96. The van der Waals surface area contributed by atoms with Gasteiger partial charge in [0.2, 0.25) is 11.9 Å². The number of nitrogens with zero attached hydrogens (tertiary/aromatic N) is 5. The van der Waals surface area contributed by atoms with Crippen molar-refractivity contribution in [3.05, 3.63) is 47.8 Å². The lowest BCUT2D eigenvalue weighted by atomic mass is 9.79. The van der Waals surface area contributed by atoms with Crippen molar-refractivity contribution in [2.75, 3.05) is 31.1 Å². The fourth-order valence-electron chi connectivity index (χ4n) is 5.97. The molecule has 3 aliphatic rings. The minimum absolute atomic E-state index is 0.0315. The molecule has 1 aromatic carbocycles. The van der Waals surface area contributed by atoms with Crippen LogP contribution in [0.3, 0.4) is 0 Å². The lowest BCUT2D eigenvalue weighted by Crippen LogP contribution is -2.59. The van der Waals surface area contributed by atoms with E-state index in [0.29, 0.717) is 5.92 Å². The van der Waals surface area contributed by atoms with E-state index >= 15 is 0 Å². The zero-order valence-electron chi connectivity index (χ0n) is 19.4. The zero-order chi connectivity index (χ0) is 22.7. The molecule has 1 atom stereocenters. The topological polar surface area (TPSA) is 78.0 Å². The van der Waals surface area contributed by atoms with Crippen LogP contribution in [-0.2, 0) is 17.6 Å². The minimum atomic E-state index is 0.0315. The van der Waals surface area contributed by atoms with Crippen molar-refractivity contribution in [3.63, 3.8) is 0 Å². The van der Waals surface area contributed by atoms with Gasteiger partial charge in [-0.05, 0) is 56.2 Å². The summed E-state index contributed by atoms with van der Waals surface area (Å²) in [5.41, 5.74) is 7.16. The number of aromatic amines is 1. The predicted octanol–water partition coefficient (Wildman–Crippen LogP) is 3.68. The van der Waals surface area contributed by atoms with E-state index in [-0.39, 0.29) is 11.3 Å². The van der Waals surface area contributed by atoms with Crippen LogP contribution < -0.4 is 4.90 Å². The Morgan fingerprint density at radius 1 is 1.27 bits per heavy atom. The Morgan fingerprint density at radius 2 is 2.12 bits per heavy atom. The number of aromatic nitrogens is 4. The van der Waals surface area contributed by atoms with Crippen molar-refractivity contribution < 1.29 is 4.79 Å². The number of carbonyl (C=O) groups excluding carboxylic acids is 1. The highest BCUT2D eigenvalue weighted by atomic mass is 16.2. The second-order valence-corrected chi connectivity index (χ2v) is 10.3. The molecule has 1 unspecified atom stereocenters. The summed E-state index contributed by atoms with van der Waals surface area (Å²) in [6, 6.07) is 4.24. The van der Waals surface area contributed by atoms with Crippen molar-refractivity contribution in [1.82, 2.24) is 25.1 Å². The predicted molar refractivity (Wildman–Crippen MR) is 129 cm³/mol. The first-order valence-corrected chi connectivity index (χ1v) is 12.0. The summed E-state index contributed by atoms with van der Waals surface area (Å²) in [5.74, 6) is 1.50. The Hall–Kier alpha value is -3.22. The molecule has 1 spiro atoms. The Balaban J connectivity index is 1.40. The number of likely N-dealkylation sites (tertiary alicyclic amines) is 1. The molecule has 2 fully saturated rings. The van der Waals surface area contributed by atoms with Gasteiger partial charge in [0.1, 0.15) is 0 Å². The summed E-state index contributed by atoms with van der Waals surface area (Å²) in [5, 5.41) is 8.54. The summed E-state index contributed by atoms with van der Waals surface area (Å²) in [6.45, 7) is 11.5. The zero-order valence-corrected chi connectivity index (χ0v) is 19.4. The Kier molecular flexibility index (Phi) is 4.57. The monoisotopic (exact) mass is 442 g/mol. The van der Waals surface area contributed by atoms with Crippen molar-refractivity contribution in [2.45, 2.75) is 39.5 Å². The molecular weight excluding hydrogens is 412 g/mol. The van der Waals surface area contributed by atoms with Gasteiger partial charge in [0, 0.05) is 48.1 Å².